The first-order chi connectivity index (χ1) is 11.0. The number of carbonyl (C=O) groups is 2. The maximum atomic E-state index is 12.3. The molecule has 2 aromatic heterocycles. The molecule has 1 atom stereocenters. The van der Waals surface area contributed by atoms with Crippen molar-refractivity contribution < 1.29 is 18.8 Å². The minimum absolute atomic E-state index is 0.123. The van der Waals surface area contributed by atoms with E-state index in [-0.39, 0.29) is 5.76 Å². The van der Waals surface area contributed by atoms with Gasteiger partial charge in [-0.3, -0.25) is 4.79 Å². The highest BCUT2D eigenvalue weighted by atomic mass is 32.1. The van der Waals surface area contributed by atoms with Gasteiger partial charge in [-0.15, -0.1) is 11.3 Å². The van der Waals surface area contributed by atoms with E-state index in [2.05, 4.69) is 17.4 Å². The lowest BCUT2D eigenvalue weighted by Gasteiger charge is -2.18. The van der Waals surface area contributed by atoms with Gasteiger partial charge in [-0.1, -0.05) is 12.1 Å². The van der Waals surface area contributed by atoms with Crippen molar-refractivity contribution in [3.05, 3.63) is 33.5 Å². The molecule has 1 aliphatic rings. The van der Waals surface area contributed by atoms with Crippen molar-refractivity contribution >= 4 is 28.2 Å². The molecule has 0 saturated heterocycles. The highest BCUT2D eigenvalue weighted by Crippen LogP contribution is 2.40. The van der Waals surface area contributed by atoms with Gasteiger partial charge in [-0.2, -0.15) is 0 Å². The number of thiophene rings is 1. The number of nitrogens with zero attached hydrogens (tertiary/aromatic N) is 1. The molecule has 1 N–H and O–H groups in total. The molecule has 122 valence electrons. The van der Waals surface area contributed by atoms with Gasteiger partial charge in [0.2, 0.25) is 5.76 Å². The molecule has 2 heterocycles. The number of aromatic nitrogens is 1. The fourth-order valence-corrected chi connectivity index (χ4v) is 4.19. The molecule has 1 aliphatic carbocycles. The van der Waals surface area contributed by atoms with Gasteiger partial charge in [0.15, 0.2) is 0 Å². The molecule has 0 spiro atoms. The van der Waals surface area contributed by atoms with E-state index in [0.29, 0.717) is 22.2 Å². The number of nitrogens with one attached hydrogen (secondary N) is 1. The summed E-state index contributed by atoms with van der Waals surface area (Å²) >= 11 is 1.44. The van der Waals surface area contributed by atoms with Crippen LogP contribution in [0.25, 0.3) is 0 Å². The Morgan fingerprint density at radius 1 is 1.48 bits per heavy atom. The zero-order valence-corrected chi connectivity index (χ0v) is 14.1. The molecule has 0 bridgehead atoms. The lowest BCUT2D eigenvalue weighted by molar-refractivity contribution is 0.0601. The van der Waals surface area contributed by atoms with Crippen molar-refractivity contribution in [2.24, 2.45) is 5.92 Å². The molecule has 6 nitrogen and oxygen atoms in total. The number of hydrogen-bond donors (Lipinski definition) is 1. The Balaban J connectivity index is 1.95. The van der Waals surface area contributed by atoms with E-state index in [0.717, 1.165) is 29.7 Å². The maximum absolute atomic E-state index is 12.3. The smallest absolute Gasteiger partial charge is 0.341 e. The Morgan fingerprint density at radius 2 is 2.26 bits per heavy atom. The highest BCUT2D eigenvalue weighted by Gasteiger charge is 2.29. The summed E-state index contributed by atoms with van der Waals surface area (Å²) in [5.41, 5.74) is 2.11. The second-order valence-electron chi connectivity index (χ2n) is 5.83. The SMILES string of the molecule is COC(=O)c1c(NC(=O)c2cc(C)no2)sc2c1CCC(C)C2. The van der Waals surface area contributed by atoms with Crippen LogP contribution >= 0.6 is 11.3 Å². The third-order valence-corrected chi connectivity index (χ3v) is 5.15. The van der Waals surface area contributed by atoms with Crippen LogP contribution in [-0.4, -0.2) is 24.1 Å². The van der Waals surface area contributed by atoms with E-state index in [9.17, 15) is 9.59 Å². The van der Waals surface area contributed by atoms with Gasteiger partial charge in [0.25, 0.3) is 5.91 Å². The van der Waals surface area contributed by atoms with Crippen LogP contribution in [0.5, 0.6) is 0 Å². The molecule has 0 aliphatic heterocycles. The number of amides is 1. The van der Waals surface area contributed by atoms with Crippen LogP contribution < -0.4 is 5.32 Å². The number of aryl methyl sites for hydroxylation is 1. The maximum Gasteiger partial charge on any atom is 0.341 e. The average Bonchev–Trinajstić information content (AvgIpc) is 3.09. The second kappa shape index (κ2) is 6.16. The van der Waals surface area contributed by atoms with E-state index in [1.165, 1.54) is 18.4 Å². The number of esters is 1. The number of hydrogen-bond acceptors (Lipinski definition) is 6. The Bertz CT molecular complexity index is 762. The lowest BCUT2D eigenvalue weighted by atomic mass is 9.88. The number of fused-ring (bicyclic) bond motifs is 1. The van der Waals surface area contributed by atoms with Crippen molar-refractivity contribution in [3.63, 3.8) is 0 Å². The van der Waals surface area contributed by atoms with Crippen molar-refractivity contribution in [2.45, 2.75) is 33.1 Å². The van der Waals surface area contributed by atoms with Crippen LogP contribution in [-0.2, 0) is 17.6 Å². The zero-order chi connectivity index (χ0) is 16.6. The van der Waals surface area contributed by atoms with Gasteiger partial charge in [0.1, 0.15) is 5.00 Å². The normalized spacial score (nSPS) is 16.7. The van der Waals surface area contributed by atoms with Crippen LogP contribution in [0.3, 0.4) is 0 Å². The van der Waals surface area contributed by atoms with Gasteiger partial charge in [-0.05, 0) is 37.7 Å². The van der Waals surface area contributed by atoms with Crippen LogP contribution in [0.1, 0.15) is 50.4 Å². The van der Waals surface area contributed by atoms with Gasteiger partial charge in [0.05, 0.1) is 18.4 Å². The summed E-state index contributed by atoms with van der Waals surface area (Å²) in [6, 6.07) is 1.56. The van der Waals surface area contributed by atoms with Crippen LogP contribution in [0, 0.1) is 12.8 Å². The Morgan fingerprint density at radius 3 is 2.91 bits per heavy atom. The molecule has 1 amide bonds. The molecular weight excluding hydrogens is 316 g/mol. The third-order valence-electron chi connectivity index (χ3n) is 3.98. The minimum atomic E-state index is -0.416. The fraction of sp³-hybridized carbons (Fsp3) is 0.438. The summed E-state index contributed by atoms with van der Waals surface area (Å²) in [7, 11) is 1.35. The molecule has 3 rings (SSSR count). The summed E-state index contributed by atoms with van der Waals surface area (Å²) in [5.74, 6) is -0.131. The molecule has 0 radical (unpaired) electrons. The molecule has 7 heteroatoms. The van der Waals surface area contributed by atoms with Crippen LogP contribution in [0.15, 0.2) is 10.6 Å². The third kappa shape index (κ3) is 3.01. The van der Waals surface area contributed by atoms with E-state index in [1.807, 2.05) is 0 Å². The number of rotatable bonds is 3. The number of methoxy groups -OCH3 is 1. The Hall–Kier alpha value is -2.15. The van der Waals surface area contributed by atoms with Crippen LogP contribution in [0.2, 0.25) is 0 Å². The first-order valence-electron chi connectivity index (χ1n) is 7.47. The highest BCUT2D eigenvalue weighted by molar-refractivity contribution is 7.17. The van der Waals surface area contributed by atoms with E-state index in [1.54, 1.807) is 13.0 Å². The fourth-order valence-electron chi connectivity index (χ4n) is 2.79. The van der Waals surface area contributed by atoms with Crippen molar-refractivity contribution in [2.75, 3.05) is 12.4 Å². The molecule has 0 fully saturated rings. The Kier molecular flexibility index (Phi) is 4.21. The quantitative estimate of drug-likeness (QED) is 0.872. The largest absolute Gasteiger partial charge is 0.465 e. The number of anilines is 1. The Labute approximate surface area is 137 Å². The molecule has 23 heavy (non-hydrogen) atoms. The predicted octanol–water partition coefficient (Wildman–Crippen LogP) is 3.21. The van der Waals surface area contributed by atoms with E-state index in [4.69, 9.17) is 9.26 Å². The van der Waals surface area contributed by atoms with E-state index >= 15 is 0 Å². The topological polar surface area (TPSA) is 81.4 Å². The zero-order valence-electron chi connectivity index (χ0n) is 13.3. The van der Waals surface area contributed by atoms with Crippen molar-refractivity contribution in [3.8, 4) is 0 Å². The monoisotopic (exact) mass is 334 g/mol. The summed E-state index contributed by atoms with van der Waals surface area (Å²) in [4.78, 5) is 25.6. The first-order valence-corrected chi connectivity index (χ1v) is 8.28. The molecule has 2 aromatic rings. The predicted molar refractivity (Wildman–Crippen MR) is 86.0 cm³/mol. The second-order valence-corrected chi connectivity index (χ2v) is 6.94. The van der Waals surface area contributed by atoms with Crippen molar-refractivity contribution in [1.82, 2.24) is 5.16 Å². The summed E-state index contributed by atoms with van der Waals surface area (Å²) < 4.78 is 9.87. The number of carbonyl (C=O) groups excluding carboxylic acids is 2. The minimum Gasteiger partial charge on any atom is -0.465 e. The summed E-state index contributed by atoms with van der Waals surface area (Å²) in [5, 5.41) is 7.00. The van der Waals surface area contributed by atoms with Gasteiger partial charge in [-0.25, -0.2) is 4.79 Å². The lowest BCUT2D eigenvalue weighted by Crippen LogP contribution is -2.15. The van der Waals surface area contributed by atoms with Gasteiger partial charge in [0, 0.05) is 10.9 Å². The first kappa shape index (κ1) is 15.7. The van der Waals surface area contributed by atoms with Gasteiger partial charge < -0.3 is 14.6 Å². The van der Waals surface area contributed by atoms with E-state index < -0.39 is 11.9 Å². The molecule has 0 aromatic carbocycles. The van der Waals surface area contributed by atoms with Crippen molar-refractivity contribution in [1.29, 1.82) is 0 Å². The molecule has 1 unspecified atom stereocenters. The average molecular weight is 334 g/mol. The molecule has 0 saturated carbocycles. The standard InChI is InChI=1S/C16H18N2O4S/c1-8-4-5-10-12(6-8)23-15(13(10)16(20)21-3)17-14(19)11-7-9(2)18-22-11/h7-8H,4-6H2,1-3H3,(H,17,19). The summed E-state index contributed by atoms with van der Waals surface area (Å²) in [6.07, 6.45) is 2.78. The van der Waals surface area contributed by atoms with Gasteiger partial charge >= 0.3 is 5.97 Å². The summed E-state index contributed by atoms with van der Waals surface area (Å²) in [6.45, 7) is 3.93. The number of ether oxygens (including phenoxy) is 1. The van der Waals surface area contributed by atoms with Crippen LogP contribution in [0.4, 0.5) is 5.00 Å². The molecular formula is C16H18N2O4S.